The van der Waals surface area contributed by atoms with E-state index >= 15 is 0 Å². The zero-order valence-electron chi connectivity index (χ0n) is 14.2. The first-order chi connectivity index (χ1) is 12.8. The van der Waals surface area contributed by atoms with Crippen LogP contribution in [-0.4, -0.2) is 32.3 Å². The van der Waals surface area contributed by atoms with E-state index < -0.39 is 15.8 Å². The third-order valence-electron chi connectivity index (χ3n) is 4.30. The van der Waals surface area contributed by atoms with E-state index in [0.717, 1.165) is 37.5 Å². The molecular formula is C18H17Cl2FN2O3S. The van der Waals surface area contributed by atoms with Gasteiger partial charge in [0.1, 0.15) is 5.82 Å². The van der Waals surface area contributed by atoms with Gasteiger partial charge >= 0.3 is 0 Å². The normalized spacial score (nSPS) is 14.9. The predicted octanol–water partition coefficient (Wildman–Crippen LogP) is 4.56. The first-order valence-corrected chi connectivity index (χ1v) is 10.6. The number of sulfonamides is 1. The summed E-state index contributed by atoms with van der Waals surface area (Å²) in [5.41, 5.74) is 0.275. The highest BCUT2D eigenvalue weighted by atomic mass is 35.5. The monoisotopic (exact) mass is 430 g/mol. The van der Waals surface area contributed by atoms with E-state index in [0.29, 0.717) is 13.1 Å². The summed E-state index contributed by atoms with van der Waals surface area (Å²) in [5, 5.41) is -0.0337. The number of anilines is 1. The van der Waals surface area contributed by atoms with Crippen LogP contribution in [-0.2, 0) is 10.0 Å². The molecule has 1 saturated heterocycles. The summed E-state index contributed by atoms with van der Waals surface area (Å²) in [6, 6.07) is 7.48. The Hall–Kier alpha value is -1.83. The molecule has 3 rings (SSSR count). The molecule has 0 saturated carbocycles. The molecule has 1 heterocycles. The van der Waals surface area contributed by atoms with E-state index in [-0.39, 0.29) is 32.1 Å². The Balaban J connectivity index is 1.94. The van der Waals surface area contributed by atoms with Crippen molar-refractivity contribution in [1.82, 2.24) is 4.90 Å². The molecule has 5 nitrogen and oxygen atoms in total. The molecule has 0 unspecified atom stereocenters. The number of nitrogens with zero attached hydrogens (tertiary/aromatic N) is 1. The summed E-state index contributed by atoms with van der Waals surface area (Å²) in [7, 11) is -4.09. The highest BCUT2D eigenvalue weighted by molar-refractivity contribution is 7.92. The molecule has 2 aromatic carbocycles. The Morgan fingerprint density at radius 2 is 1.74 bits per heavy atom. The van der Waals surface area contributed by atoms with Crippen molar-refractivity contribution < 1.29 is 17.6 Å². The second kappa shape index (κ2) is 8.04. The van der Waals surface area contributed by atoms with Gasteiger partial charge in [0.25, 0.3) is 15.9 Å². The van der Waals surface area contributed by atoms with Crippen LogP contribution in [0.5, 0.6) is 0 Å². The number of amides is 1. The average Bonchev–Trinajstić information content (AvgIpc) is 2.64. The van der Waals surface area contributed by atoms with E-state index in [4.69, 9.17) is 23.2 Å². The molecule has 0 bridgehead atoms. The van der Waals surface area contributed by atoms with E-state index in [1.54, 1.807) is 4.90 Å². The minimum absolute atomic E-state index is 0.0681. The molecule has 0 spiro atoms. The second-order valence-electron chi connectivity index (χ2n) is 6.22. The van der Waals surface area contributed by atoms with Gasteiger partial charge in [0.2, 0.25) is 0 Å². The summed E-state index contributed by atoms with van der Waals surface area (Å²) in [4.78, 5) is 14.3. The molecule has 0 atom stereocenters. The van der Waals surface area contributed by atoms with Gasteiger partial charge in [-0.2, -0.15) is 0 Å². The van der Waals surface area contributed by atoms with Crippen molar-refractivity contribution in [3.8, 4) is 0 Å². The van der Waals surface area contributed by atoms with Crippen LogP contribution in [0.1, 0.15) is 29.6 Å². The maximum absolute atomic E-state index is 13.3. The molecule has 27 heavy (non-hydrogen) atoms. The molecule has 2 aromatic rings. The summed E-state index contributed by atoms with van der Waals surface area (Å²) >= 11 is 11.7. The van der Waals surface area contributed by atoms with E-state index in [9.17, 15) is 17.6 Å². The lowest BCUT2D eigenvalue weighted by molar-refractivity contribution is 0.0725. The quantitative estimate of drug-likeness (QED) is 0.772. The van der Waals surface area contributed by atoms with Crippen LogP contribution < -0.4 is 4.72 Å². The zero-order valence-corrected chi connectivity index (χ0v) is 16.5. The van der Waals surface area contributed by atoms with Gasteiger partial charge in [-0.05, 0) is 55.7 Å². The van der Waals surface area contributed by atoms with Gasteiger partial charge in [0, 0.05) is 18.1 Å². The smallest absolute Gasteiger partial charge is 0.261 e. The number of likely N-dealkylation sites (tertiary alicyclic amines) is 1. The SMILES string of the molecule is O=C(c1ccc(Cl)cc1NS(=O)(=O)c1ccc(F)c(Cl)c1)N1CCCCC1. The van der Waals surface area contributed by atoms with Crippen LogP contribution >= 0.6 is 23.2 Å². The summed E-state index contributed by atoms with van der Waals surface area (Å²) in [6.07, 6.45) is 2.89. The Labute approximate surface area is 167 Å². The maximum Gasteiger partial charge on any atom is 0.261 e. The number of nitrogens with one attached hydrogen (secondary N) is 1. The number of hydrogen-bond acceptors (Lipinski definition) is 3. The lowest BCUT2D eigenvalue weighted by Gasteiger charge is -2.27. The molecule has 9 heteroatoms. The van der Waals surface area contributed by atoms with Gasteiger partial charge in [-0.3, -0.25) is 9.52 Å². The van der Waals surface area contributed by atoms with Crippen molar-refractivity contribution in [3.63, 3.8) is 0 Å². The number of piperidine rings is 1. The largest absolute Gasteiger partial charge is 0.339 e. The van der Waals surface area contributed by atoms with E-state index in [2.05, 4.69) is 4.72 Å². The van der Waals surface area contributed by atoms with Crippen molar-refractivity contribution >= 4 is 44.8 Å². The molecule has 0 aromatic heterocycles. The van der Waals surface area contributed by atoms with Crippen LogP contribution in [0.25, 0.3) is 0 Å². The van der Waals surface area contributed by atoms with Gasteiger partial charge in [-0.15, -0.1) is 0 Å². The molecule has 1 fully saturated rings. The summed E-state index contributed by atoms with van der Waals surface area (Å²) in [6.45, 7) is 1.25. The zero-order chi connectivity index (χ0) is 19.6. The third kappa shape index (κ3) is 4.54. The third-order valence-corrected chi connectivity index (χ3v) is 6.19. The summed E-state index contributed by atoms with van der Waals surface area (Å²) < 4.78 is 41.0. The maximum atomic E-state index is 13.3. The fraction of sp³-hybridized carbons (Fsp3) is 0.278. The van der Waals surface area contributed by atoms with Gasteiger partial charge in [-0.25, -0.2) is 12.8 Å². The van der Waals surface area contributed by atoms with Gasteiger partial charge < -0.3 is 4.90 Å². The first-order valence-electron chi connectivity index (χ1n) is 8.34. The van der Waals surface area contributed by atoms with E-state index in [1.807, 2.05) is 0 Å². The van der Waals surface area contributed by atoms with Crippen LogP contribution in [0.4, 0.5) is 10.1 Å². The molecule has 0 radical (unpaired) electrons. The Kier molecular flexibility index (Phi) is 5.93. The Morgan fingerprint density at radius 3 is 2.41 bits per heavy atom. The molecule has 1 N–H and O–H groups in total. The number of rotatable bonds is 4. The molecule has 1 aliphatic heterocycles. The number of carbonyl (C=O) groups excluding carboxylic acids is 1. The van der Waals surface area contributed by atoms with Gasteiger partial charge in [-0.1, -0.05) is 23.2 Å². The van der Waals surface area contributed by atoms with Crippen molar-refractivity contribution in [3.05, 3.63) is 57.8 Å². The van der Waals surface area contributed by atoms with Gasteiger partial charge in [0.15, 0.2) is 0 Å². The molecular weight excluding hydrogens is 414 g/mol. The molecule has 144 valence electrons. The minimum Gasteiger partial charge on any atom is -0.339 e. The number of halogens is 3. The molecule has 1 amide bonds. The van der Waals surface area contributed by atoms with Crippen molar-refractivity contribution in [2.45, 2.75) is 24.2 Å². The Bertz CT molecular complexity index is 977. The predicted molar refractivity (Wildman–Crippen MR) is 103 cm³/mol. The average molecular weight is 431 g/mol. The van der Waals surface area contributed by atoms with Crippen LogP contribution in [0.15, 0.2) is 41.3 Å². The van der Waals surface area contributed by atoms with Gasteiger partial charge in [0.05, 0.1) is 21.2 Å². The number of benzene rings is 2. The summed E-state index contributed by atoms with van der Waals surface area (Å²) in [5.74, 6) is -0.986. The van der Waals surface area contributed by atoms with Crippen molar-refractivity contribution in [2.75, 3.05) is 17.8 Å². The fourth-order valence-corrected chi connectivity index (χ4v) is 4.42. The number of carbonyl (C=O) groups is 1. The van der Waals surface area contributed by atoms with E-state index in [1.165, 1.54) is 18.2 Å². The molecule has 0 aliphatic carbocycles. The van der Waals surface area contributed by atoms with Crippen LogP contribution in [0, 0.1) is 5.82 Å². The lowest BCUT2D eigenvalue weighted by Crippen LogP contribution is -2.36. The first kappa shape index (κ1) is 19.9. The Morgan fingerprint density at radius 1 is 1.04 bits per heavy atom. The van der Waals surface area contributed by atoms with Crippen LogP contribution in [0.2, 0.25) is 10.0 Å². The topological polar surface area (TPSA) is 66.5 Å². The fourth-order valence-electron chi connectivity index (χ4n) is 2.90. The van der Waals surface area contributed by atoms with Crippen molar-refractivity contribution in [1.29, 1.82) is 0 Å². The minimum atomic E-state index is -4.09. The van der Waals surface area contributed by atoms with Crippen LogP contribution in [0.3, 0.4) is 0 Å². The second-order valence-corrected chi connectivity index (χ2v) is 8.75. The standard InChI is InChI=1S/C18H17Cl2FN2O3S/c19-12-4-6-14(18(24)23-8-2-1-3-9-23)17(10-12)22-27(25,26)13-5-7-16(21)15(20)11-13/h4-7,10-11,22H,1-3,8-9H2. The molecule has 1 aliphatic rings. The van der Waals surface area contributed by atoms with Crippen molar-refractivity contribution in [2.24, 2.45) is 0 Å². The highest BCUT2D eigenvalue weighted by Crippen LogP contribution is 2.27. The lowest BCUT2D eigenvalue weighted by atomic mass is 10.1. The highest BCUT2D eigenvalue weighted by Gasteiger charge is 2.24. The number of hydrogen-bond donors (Lipinski definition) is 1.